The van der Waals surface area contributed by atoms with E-state index in [1.54, 1.807) is 23.6 Å². The molecular weight excluding hydrogens is 396 g/mol. The minimum absolute atomic E-state index is 0.0441. The topological polar surface area (TPSA) is 81.4 Å². The molecule has 3 rings (SSSR count). The van der Waals surface area contributed by atoms with Crippen LogP contribution in [0.4, 0.5) is 14.5 Å². The lowest BCUT2D eigenvalue weighted by Gasteiger charge is -2.37. The Morgan fingerprint density at radius 2 is 2.24 bits per heavy atom. The zero-order valence-corrected chi connectivity index (χ0v) is 16.8. The van der Waals surface area contributed by atoms with Gasteiger partial charge in [0.1, 0.15) is 0 Å². The van der Waals surface area contributed by atoms with Gasteiger partial charge >= 0.3 is 0 Å². The second-order valence-electron chi connectivity index (χ2n) is 6.96. The largest absolute Gasteiger partial charge is 0.335 e. The molecule has 0 bridgehead atoms. The van der Waals surface area contributed by atoms with Gasteiger partial charge in [0.05, 0.1) is 34.6 Å². The minimum Gasteiger partial charge on any atom is -0.335 e. The Morgan fingerprint density at radius 1 is 1.45 bits per heavy atom. The number of benzene rings is 1. The molecule has 29 heavy (non-hydrogen) atoms. The van der Waals surface area contributed by atoms with Gasteiger partial charge < -0.3 is 10.3 Å². The Balaban J connectivity index is 1.77. The first-order valence-corrected chi connectivity index (χ1v) is 10.3. The van der Waals surface area contributed by atoms with Crippen molar-refractivity contribution in [3.05, 3.63) is 45.9 Å². The molecule has 2 N–H and O–H groups in total. The molecule has 9 heteroatoms. The van der Waals surface area contributed by atoms with Crippen LogP contribution in [-0.2, 0) is 6.42 Å². The molecular formula is C20H23F2N5OS. The fourth-order valence-electron chi connectivity index (χ4n) is 3.42. The van der Waals surface area contributed by atoms with Gasteiger partial charge in [0.25, 0.3) is 5.91 Å². The summed E-state index contributed by atoms with van der Waals surface area (Å²) in [4.78, 5) is 19.5. The third-order valence-electron chi connectivity index (χ3n) is 4.92. The summed E-state index contributed by atoms with van der Waals surface area (Å²) in [5.41, 5.74) is 4.28. The smallest absolute Gasteiger partial charge is 0.256 e. The number of alkyl halides is 2. The van der Waals surface area contributed by atoms with E-state index < -0.39 is 6.43 Å². The Kier molecular flexibility index (Phi) is 7.03. The highest BCUT2D eigenvalue weighted by Gasteiger charge is 2.32. The van der Waals surface area contributed by atoms with E-state index in [-0.39, 0.29) is 24.3 Å². The van der Waals surface area contributed by atoms with Crippen molar-refractivity contribution in [2.75, 3.05) is 12.0 Å². The number of nitrogens with zero attached hydrogens (tertiary/aromatic N) is 3. The molecule has 2 aromatic rings. The van der Waals surface area contributed by atoms with Gasteiger partial charge in [0.15, 0.2) is 0 Å². The molecule has 1 aliphatic heterocycles. The lowest BCUT2D eigenvalue weighted by molar-refractivity contribution is 0.0611. The van der Waals surface area contributed by atoms with Crippen LogP contribution in [0.25, 0.3) is 0 Å². The van der Waals surface area contributed by atoms with Crippen LogP contribution in [0.2, 0.25) is 0 Å². The number of anilines is 1. The first-order chi connectivity index (χ1) is 14.0. The zero-order valence-electron chi connectivity index (χ0n) is 16.0. The molecule has 154 valence electrons. The van der Waals surface area contributed by atoms with Gasteiger partial charge in [-0.15, -0.1) is 11.3 Å². The van der Waals surface area contributed by atoms with Crippen molar-refractivity contribution in [1.82, 2.24) is 9.88 Å². The van der Waals surface area contributed by atoms with Crippen molar-refractivity contribution in [3.8, 4) is 0 Å². The van der Waals surface area contributed by atoms with Crippen LogP contribution >= 0.6 is 11.3 Å². The van der Waals surface area contributed by atoms with Crippen molar-refractivity contribution < 1.29 is 13.6 Å². The van der Waals surface area contributed by atoms with Crippen LogP contribution in [0, 0.1) is 5.41 Å². The standard InChI is InChI=1S/C20H23F2N5OS/c1-13-6-7-14(19-25-15(12-29-19)10-18(21)22)11-27(13)20(28)16-4-2-3-5-17(16)26-24-9-8-23/h2-5,8-9,12-14,18,23,26H,6-7,10-11H2,1H3/b23-8?,24-9-/t13-,14?/m1/s1. The molecule has 1 aromatic carbocycles. The summed E-state index contributed by atoms with van der Waals surface area (Å²) in [5.74, 6) is -0.0673. The molecule has 2 atom stereocenters. The molecule has 1 amide bonds. The molecule has 1 saturated heterocycles. The maximum absolute atomic E-state index is 13.3. The Morgan fingerprint density at radius 3 is 3.00 bits per heavy atom. The number of hydrazone groups is 1. The third kappa shape index (κ3) is 5.23. The highest BCUT2D eigenvalue weighted by Crippen LogP contribution is 2.33. The number of hydrogen-bond acceptors (Lipinski definition) is 6. The molecule has 0 saturated carbocycles. The summed E-state index contributed by atoms with van der Waals surface area (Å²) in [7, 11) is 0. The normalized spacial score (nSPS) is 19.7. The number of halogens is 2. The van der Waals surface area contributed by atoms with Crippen LogP contribution in [0.3, 0.4) is 0 Å². The highest BCUT2D eigenvalue weighted by molar-refractivity contribution is 7.09. The Labute approximate surface area is 172 Å². The maximum Gasteiger partial charge on any atom is 0.256 e. The van der Waals surface area contributed by atoms with Crippen LogP contribution < -0.4 is 5.43 Å². The molecule has 1 aromatic heterocycles. The number of likely N-dealkylation sites (tertiary alicyclic amines) is 1. The fraction of sp³-hybridized carbons (Fsp3) is 0.400. The molecule has 0 radical (unpaired) electrons. The molecule has 2 heterocycles. The van der Waals surface area contributed by atoms with Gasteiger partial charge in [-0.05, 0) is 31.9 Å². The van der Waals surface area contributed by atoms with E-state index in [4.69, 9.17) is 5.41 Å². The summed E-state index contributed by atoms with van der Waals surface area (Å²) in [6.07, 6.45) is 1.29. The van der Waals surface area contributed by atoms with Crippen LogP contribution in [0.5, 0.6) is 0 Å². The number of rotatable bonds is 7. The average Bonchev–Trinajstić information content (AvgIpc) is 3.16. The number of carbonyl (C=O) groups is 1. The molecule has 0 spiro atoms. The van der Waals surface area contributed by atoms with Crippen LogP contribution in [0.15, 0.2) is 34.7 Å². The monoisotopic (exact) mass is 419 g/mol. The Bertz CT molecular complexity index is 885. The maximum atomic E-state index is 13.3. The summed E-state index contributed by atoms with van der Waals surface area (Å²) in [5, 5.41) is 13.4. The van der Waals surface area contributed by atoms with Gasteiger partial charge in [-0.1, -0.05) is 12.1 Å². The molecule has 1 fully saturated rings. The summed E-state index contributed by atoms with van der Waals surface area (Å²) >= 11 is 1.39. The van der Waals surface area contributed by atoms with Crippen molar-refractivity contribution in [1.29, 1.82) is 5.41 Å². The second kappa shape index (κ2) is 9.69. The highest BCUT2D eigenvalue weighted by atomic mass is 32.1. The van der Waals surface area contributed by atoms with E-state index in [1.165, 1.54) is 17.6 Å². The quantitative estimate of drug-likeness (QED) is 0.515. The molecule has 6 nitrogen and oxygen atoms in total. The molecule has 1 unspecified atom stereocenters. The fourth-order valence-corrected chi connectivity index (χ4v) is 4.38. The van der Waals surface area contributed by atoms with Crippen molar-refractivity contribution >= 4 is 35.4 Å². The van der Waals surface area contributed by atoms with E-state index in [0.29, 0.717) is 23.5 Å². The van der Waals surface area contributed by atoms with Crippen LogP contribution in [0.1, 0.15) is 46.7 Å². The van der Waals surface area contributed by atoms with E-state index in [9.17, 15) is 13.6 Å². The molecule has 0 aliphatic carbocycles. The zero-order chi connectivity index (χ0) is 20.8. The van der Waals surface area contributed by atoms with Crippen molar-refractivity contribution in [2.24, 2.45) is 5.10 Å². The van der Waals surface area contributed by atoms with Gasteiger partial charge in [0, 0.05) is 30.1 Å². The molecule has 1 aliphatic rings. The minimum atomic E-state index is -2.41. The number of thiazole rings is 1. The first-order valence-electron chi connectivity index (χ1n) is 9.40. The van der Waals surface area contributed by atoms with Crippen molar-refractivity contribution in [2.45, 2.75) is 44.6 Å². The number of aromatic nitrogens is 1. The van der Waals surface area contributed by atoms with E-state index in [1.807, 2.05) is 17.9 Å². The number of nitrogens with one attached hydrogen (secondary N) is 2. The van der Waals surface area contributed by atoms with E-state index >= 15 is 0 Å². The third-order valence-corrected chi connectivity index (χ3v) is 5.97. The van der Waals surface area contributed by atoms with Gasteiger partial charge in [-0.2, -0.15) is 5.10 Å². The van der Waals surface area contributed by atoms with Gasteiger partial charge in [-0.25, -0.2) is 13.8 Å². The lowest BCUT2D eigenvalue weighted by Crippen LogP contribution is -2.45. The number of carbonyl (C=O) groups excluding carboxylic acids is 1. The lowest BCUT2D eigenvalue weighted by atomic mass is 9.93. The van der Waals surface area contributed by atoms with Gasteiger partial charge in [0.2, 0.25) is 6.43 Å². The number of hydrogen-bond donors (Lipinski definition) is 2. The summed E-state index contributed by atoms with van der Waals surface area (Å²) < 4.78 is 25.2. The SMILES string of the molecule is C[C@@H]1CCC(c2nc(CC(F)F)cs2)CN1C(=O)c1ccccc1N/N=C\C=N. The van der Waals surface area contributed by atoms with Crippen molar-refractivity contribution in [3.63, 3.8) is 0 Å². The van der Waals surface area contributed by atoms with E-state index in [0.717, 1.165) is 24.1 Å². The average molecular weight is 420 g/mol. The first kappa shape index (κ1) is 21.0. The predicted molar refractivity (Wildman–Crippen MR) is 112 cm³/mol. The summed E-state index contributed by atoms with van der Waals surface area (Å²) in [6, 6.07) is 7.17. The number of amides is 1. The predicted octanol–water partition coefficient (Wildman–Crippen LogP) is 4.41. The number of para-hydroxylation sites is 1. The van der Waals surface area contributed by atoms with Crippen LogP contribution in [-0.4, -0.2) is 47.2 Å². The Hall–Kier alpha value is -2.68. The van der Waals surface area contributed by atoms with Gasteiger partial charge in [-0.3, -0.25) is 10.2 Å². The number of piperidine rings is 1. The van der Waals surface area contributed by atoms with E-state index in [2.05, 4.69) is 15.5 Å². The summed E-state index contributed by atoms with van der Waals surface area (Å²) in [6.45, 7) is 2.52. The second-order valence-corrected chi connectivity index (χ2v) is 7.85.